The van der Waals surface area contributed by atoms with Crippen LogP contribution in [-0.4, -0.2) is 32.8 Å². The van der Waals surface area contributed by atoms with Crippen LogP contribution in [0.5, 0.6) is 0 Å². The van der Waals surface area contributed by atoms with Crippen molar-refractivity contribution >= 4 is 53.3 Å². The van der Waals surface area contributed by atoms with E-state index in [2.05, 4.69) is 65.7 Å². The van der Waals surface area contributed by atoms with Gasteiger partial charge in [-0.2, -0.15) is 0 Å². The minimum Gasteiger partial charge on any atom is -0.412 e. The second kappa shape index (κ2) is 19.0. The summed E-state index contributed by atoms with van der Waals surface area (Å²) in [5.74, 6) is 2.68. The Morgan fingerprint density at radius 3 is 1.61 bits per heavy atom. The maximum atomic E-state index is 5.16. The second-order valence-corrected chi connectivity index (χ2v) is 10.1. The van der Waals surface area contributed by atoms with E-state index in [0.29, 0.717) is 23.9 Å². The van der Waals surface area contributed by atoms with Gasteiger partial charge in [0.15, 0.2) is 11.7 Å². The van der Waals surface area contributed by atoms with Crippen LogP contribution in [-0.2, 0) is 18.6 Å². The standard InChI is InChI=1S/C32H25N7.4C2H6.H2O.V/c1-3-17-18(4-2)28-35-27(17)33-25-15-16-26(20-12-7-11-19(20)25)34-29-21-9-5-6-10-22(21)30(37-29)38-32-24-14-8-13-23(24)31(36-28)39-32;4*1-2;;/h3-4,9-14,16,35H,1-2,5-8,15H2,(H,34,36,37,38,39);4*1-2H3;1H2;/b33-25+;;;;;;. The van der Waals surface area contributed by atoms with Gasteiger partial charge in [0.05, 0.1) is 11.4 Å². The van der Waals surface area contributed by atoms with Gasteiger partial charge in [-0.15, -0.1) is 0 Å². The number of amidine groups is 2. The normalized spacial score (nSPS) is 18.5. The first-order chi connectivity index (χ1) is 23.2. The van der Waals surface area contributed by atoms with Gasteiger partial charge in [-0.3, -0.25) is 0 Å². The summed E-state index contributed by atoms with van der Waals surface area (Å²) in [4.78, 5) is 32.2. The fourth-order valence-electron chi connectivity index (χ4n) is 6.09. The monoisotopic (exact) mass is 696 g/mol. The summed E-state index contributed by atoms with van der Waals surface area (Å²) in [7, 11) is 0. The van der Waals surface area contributed by atoms with Crippen molar-refractivity contribution in [3.05, 3.63) is 104 Å². The van der Waals surface area contributed by atoms with Crippen molar-refractivity contribution in [2.75, 3.05) is 0 Å². The van der Waals surface area contributed by atoms with Gasteiger partial charge in [-0.1, -0.05) is 123 Å². The molecule has 0 saturated heterocycles. The van der Waals surface area contributed by atoms with Crippen LogP contribution in [0.2, 0.25) is 0 Å². The fourth-order valence-corrected chi connectivity index (χ4v) is 6.09. The number of aromatic amines is 2. The van der Waals surface area contributed by atoms with Gasteiger partial charge in [0.1, 0.15) is 22.6 Å². The van der Waals surface area contributed by atoms with E-state index in [1.54, 1.807) is 6.08 Å². The molecule has 0 aromatic carbocycles. The van der Waals surface area contributed by atoms with Gasteiger partial charge in [-0.25, -0.2) is 25.0 Å². The molecule has 6 aliphatic rings. The Morgan fingerprint density at radius 1 is 0.551 bits per heavy atom. The predicted molar refractivity (Wildman–Crippen MR) is 206 cm³/mol. The van der Waals surface area contributed by atoms with Gasteiger partial charge < -0.3 is 15.4 Å². The molecule has 2 aliphatic heterocycles. The number of H-pyrrole nitrogens is 2. The minimum atomic E-state index is 0. The number of nitrogens with one attached hydrogen (secondary N) is 2. The zero-order valence-corrected chi connectivity index (χ0v) is 31.7. The number of aromatic nitrogens is 2. The molecule has 0 atom stereocenters. The number of hydrogen-bond donors (Lipinski definition) is 2. The molecule has 4 N–H and O–H groups in total. The SMILES string of the molecule is C=Cc1c2[nH]c(c1C=C)/N=C1\CC=C(N=c3[nH]c(c4c3=CCCC=4)=NC3=N/C(=N\2)C2=CCC=C23)C2=CCC=C21.CC.CC.CC.CC.O.[V]. The van der Waals surface area contributed by atoms with Crippen LogP contribution in [0, 0.1) is 0 Å². The number of rotatable bonds is 2. The van der Waals surface area contributed by atoms with Crippen LogP contribution in [0.3, 0.4) is 0 Å². The van der Waals surface area contributed by atoms with Gasteiger partial charge in [0.2, 0.25) is 0 Å². The van der Waals surface area contributed by atoms with Crippen LogP contribution < -0.4 is 21.4 Å². The molecule has 8 nitrogen and oxygen atoms in total. The topological polar surface area (TPSA) is 125 Å². The van der Waals surface area contributed by atoms with E-state index < -0.39 is 0 Å². The van der Waals surface area contributed by atoms with Gasteiger partial charge >= 0.3 is 0 Å². The molecule has 49 heavy (non-hydrogen) atoms. The number of aliphatic imine (C=N–C) groups is 3. The summed E-state index contributed by atoms with van der Waals surface area (Å²) in [6.07, 6.45) is 23.4. The molecule has 0 saturated carbocycles. The smallest absolute Gasteiger partial charge is 0.164 e. The summed E-state index contributed by atoms with van der Waals surface area (Å²) >= 11 is 0. The van der Waals surface area contributed by atoms with Gasteiger partial charge in [0.25, 0.3) is 0 Å². The molecule has 4 heterocycles. The first-order valence-corrected chi connectivity index (χ1v) is 17.4. The Kier molecular flexibility index (Phi) is 15.8. The van der Waals surface area contributed by atoms with E-state index >= 15 is 0 Å². The van der Waals surface area contributed by atoms with Crippen molar-refractivity contribution in [3.8, 4) is 0 Å². The van der Waals surface area contributed by atoms with Crippen molar-refractivity contribution in [1.82, 2.24) is 9.97 Å². The summed E-state index contributed by atoms with van der Waals surface area (Å²) < 4.78 is 0. The first-order valence-electron chi connectivity index (χ1n) is 17.4. The minimum absolute atomic E-state index is 0. The average molecular weight is 697 g/mol. The van der Waals surface area contributed by atoms with Crippen molar-refractivity contribution in [3.63, 3.8) is 0 Å². The molecule has 8 bridgehead atoms. The van der Waals surface area contributed by atoms with E-state index in [9.17, 15) is 0 Å². The molecule has 1 radical (unpaired) electrons. The Bertz CT molecular complexity index is 2070. The Hall–Kier alpha value is -4.37. The largest absolute Gasteiger partial charge is 0.412 e. The molecule has 8 rings (SSSR count). The molecule has 2 aromatic heterocycles. The fraction of sp³-hybridized carbons (Fsp3) is 0.325. The quantitative estimate of drug-likeness (QED) is 0.322. The number of nitrogens with zero attached hydrogens (tertiary/aromatic N) is 5. The van der Waals surface area contributed by atoms with Crippen molar-refractivity contribution in [2.24, 2.45) is 25.0 Å². The molecule has 4 aliphatic carbocycles. The van der Waals surface area contributed by atoms with E-state index in [0.717, 1.165) is 97.7 Å². The van der Waals surface area contributed by atoms with Crippen molar-refractivity contribution in [1.29, 1.82) is 0 Å². The summed E-state index contributed by atoms with van der Waals surface area (Å²) in [5.41, 5.74) is 9.59. The van der Waals surface area contributed by atoms with Crippen LogP contribution in [0.4, 0.5) is 11.6 Å². The molecular formula is C40H51N7OV. The van der Waals surface area contributed by atoms with Crippen molar-refractivity contribution < 1.29 is 24.0 Å². The second-order valence-electron chi connectivity index (χ2n) is 10.1. The maximum Gasteiger partial charge on any atom is 0.164 e. The molecular weight excluding hydrogens is 645 g/mol. The number of allylic oxidation sites excluding steroid dienone is 6. The van der Waals surface area contributed by atoms with Crippen molar-refractivity contribution in [2.45, 2.75) is 87.5 Å². The third-order valence-corrected chi connectivity index (χ3v) is 7.90. The van der Waals surface area contributed by atoms with Crippen LogP contribution >= 0.6 is 0 Å². The molecule has 0 unspecified atom stereocenters. The molecule has 0 amide bonds. The molecule has 9 heteroatoms. The Morgan fingerprint density at radius 2 is 1.04 bits per heavy atom. The van der Waals surface area contributed by atoms with E-state index in [1.807, 2.05) is 61.5 Å². The summed E-state index contributed by atoms with van der Waals surface area (Å²) in [6.45, 7) is 24.1. The first kappa shape index (κ1) is 40.8. The third kappa shape index (κ3) is 7.62. The predicted octanol–water partition coefficient (Wildman–Crippen LogP) is 7.53. The maximum absolute atomic E-state index is 5.16. The summed E-state index contributed by atoms with van der Waals surface area (Å²) in [6, 6.07) is 0. The Balaban J connectivity index is 0.000000781. The molecule has 2 aromatic rings. The Labute approximate surface area is 302 Å². The van der Waals surface area contributed by atoms with E-state index in [4.69, 9.17) is 25.0 Å². The van der Waals surface area contributed by atoms with Crippen LogP contribution in [0.25, 0.3) is 24.3 Å². The van der Waals surface area contributed by atoms with Gasteiger partial charge in [0, 0.05) is 68.8 Å². The van der Waals surface area contributed by atoms with E-state index in [-0.39, 0.29) is 24.0 Å². The number of fused-ring (bicyclic) bond motifs is 16. The number of hydrogen-bond acceptors (Lipinski definition) is 5. The van der Waals surface area contributed by atoms with Crippen LogP contribution in [0.1, 0.15) is 98.6 Å². The van der Waals surface area contributed by atoms with E-state index in [1.165, 1.54) is 0 Å². The van der Waals surface area contributed by atoms with Gasteiger partial charge in [-0.05, 0) is 25.7 Å². The molecule has 257 valence electrons. The molecule has 0 fully saturated rings. The summed E-state index contributed by atoms with van der Waals surface area (Å²) in [5, 5.41) is 2.20. The van der Waals surface area contributed by atoms with Crippen LogP contribution in [0.15, 0.2) is 96.5 Å². The third-order valence-electron chi connectivity index (χ3n) is 7.90. The average Bonchev–Trinajstić information content (AvgIpc) is 3.97. The molecule has 0 spiro atoms. The zero-order chi connectivity index (χ0) is 34.1. The zero-order valence-electron chi connectivity index (χ0n) is 30.3.